The van der Waals surface area contributed by atoms with Crippen molar-refractivity contribution in [2.45, 2.75) is 58.0 Å². The minimum Gasteiger partial charge on any atom is -0.307 e. The van der Waals surface area contributed by atoms with Crippen molar-refractivity contribution in [3.05, 3.63) is 33.8 Å². The molecule has 1 aliphatic carbocycles. The molecule has 0 amide bonds. The Balaban J connectivity index is 2.07. The van der Waals surface area contributed by atoms with Crippen LogP contribution in [0.3, 0.4) is 0 Å². The molecule has 2 rings (SSSR count). The van der Waals surface area contributed by atoms with Gasteiger partial charge in [0, 0.05) is 22.1 Å². The third-order valence-corrected chi connectivity index (χ3v) is 4.90. The maximum atomic E-state index is 6.28. The number of benzene rings is 1. The Morgan fingerprint density at radius 3 is 2.74 bits per heavy atom. The maximum Gasteiger partial charge on any atom is 0.0454 e. The highest BCUT2D eigenvalue weighted by Crippen LogP contribution is 2.31. The molecule has 19 heavy (non-hydrogen) atoms. The third kappa shape index (κ3) is 3.87. The molecular formula is C16H23Cl2N. The molecule has 0 radical (unpaired) electrons. The van der Waals surface area contributed by atoms with Gasteiger partial charge in [-0.25, -0.2) is 0 Å². The standard InChI is InChI=1S/C16H23Cl2N/c1-3-12-6-4-5-7-16(12)19-11(2)14-10-13(17)8-9-15(14)18/h8-12,16,19H,3-7H2,1-2H3. The molecule has 0 heterocycles. The summed E-state index contributed by atoms with van der Waals surface area (Å²) in [5.74, 6) is 0.800. The molecule has 1 saturated carbocycles. The zero-order valence-corrected chi connectivity index (χ0v) is 13.3. The van der Waals surface area contributed by atoms with E-state index >= 15 is 0 Å². The largest absolute Gasteiger partial charge is 0.307 e. The molecular weight excluding hydrogens is 277 g/mol. The van der Waals surface area contributed by atoms with Gasteiger partial charge < -0.3 is 5.32 Å². The fourth-order valence-corrected chi connectivity index (χ4v) is 3.63. The minimum atomic E-state index is 0.253. The highest BCUT2D eigenvalue weighted by molar-refractivity contribution is 6.33. The Labute approximate surface area is 126 Å². The van der Waals surface area contributed by atoms with E-state index in [1.165, 1.54) is 32.1 Å². The van der Waals surface area contributed by atoms with Crippen LogP contribution < -0.4 is 5.32 Å². The lowest BCUT2D eigenvalue weighted by molar-refractivity contribution is 0.241. The van der Waals surface area contributed by atoms with Gasteiger partial charge in [-0.3, -0.25) is 0 Å². The van der Waals surface area contributed by atoms with Crippen molar-refractivity contribution in [1.29, 1.82) is 0 Å². The number of rotatable bonds is 4. The lowest BCUT2D eigenvalue weighted by Crippen LogP contribution is -2.39. The molecule has 3 atom stereocenters. The summed E-state index contributed by atoms with van der Waals surface area (Å²) >= 11 is 12.4. The average molecular weight is 300 g/mol. The van der Waals surface area contributed by atoms with Crippen LogP contribution in [0, 0.1) is 5.92 Å². The quantitative estimate of drug-likeness (QED) is 0.761. The summed E-state index contributed by atoms with van der Waals surface area (Å²) < 4.78 is 0. The molecule has 1 fully saturated rings. The van der Waals surface area contributed by atoms with Crippen LogP contribution in [0.15, 0.2) is 18.2 Å². The first-order chi connectivity index (χ1) is 9.11. The molecule has 3 heteroatoms. The van der Waals surface area contributed by atoms with E-state index in [1.54, 1.807) is 0 Å². The number of nitrogens with one attached hydrogen (secondary N) is 1. The van der Waals surface area contributed by atoms with E-state index in [0.29, 0.717) is 6.04 Å². The smallest absolute Gasteiger partial charge is 0.0454 e. The lowest BCUT2D eigenvalue weighted by atomic mass is 9.82. The Bertz CT molecular complexity index is 419. The Kier molecular flexibility index (Phi) is 5.56. The lowest BCUT2D eigenvalue weighted by Gasteiger charge is -2.34. The van der Waals surface area contributed by atoms with Crippen LogP contribution in [0.25, 0.3) is 0 Å². The van der Waals surface area contributed by atoms with Crippen LogP contribution in [0.2, 0.25) is 10.0 Å². The molecule has 1 aromatic carbocycles. The van der Waals surface area contributed by atoms with E-state index < -0.39 is 0 Å². The Morgan fingerprint density at radius 2 is 2.00 bits per heavy atom. The van der Waals surface area contributed by atoms with Crippen molar-refractivity contribution < 1.29 is 0 Å². The van der Waals surface area contributed by atoms with Gasteiger partial charge >= 0.3 is 0 Å². The molecule has 0 saturated heterocycles. The summed E-state index contributed by atoms with van der Waals surface area (Å²) in [5, 5.41) is 5.31. The first-order valence-corrected chi connectivity index (χ1v) is 8.08. The molecule has 1 aliphatic rings. The third-order valence-electron chi connectivity index (χ3n) is 4.32. The van der Waals surface area contributed by atoms with Crippen LogP contribution in [0.1, 0.15) is 57.6 Å². The average Bonchev–Trinajstić information content (AvgIpc) is 2.42. The summed E-state index contributed by atoms with van der Waals surface area (Å²) in [6.07, 6.45) is 6.60. The van der Waals surface area contributed by atoms with Crippen LogP contribution in [-0.2, 0) is 0 Å². The second kappa shape index (κ2) is 6.97. The van der Waals surface area contributed by atoms with Crippen molar-refractivity contribution in [3.8, 4) is 0 Å². The fourth-order valence-electron chi connectivity index (χ4n) is 3.17. The predicted octanol–water partition coefficient (Wildman–Crippen LogP) is 5.61. The minimum absolute atomic E-state index is 0.253. The molecule has 106 valence electrons. The zero-order valence-electron chi connectivity index (χ0n) is 11.8. The molecule has 0 aliphatic heterocycles. The van der Waals surface area contributed by atoms with Gasteiger partial charge in [-0.2, -0.15) is 0 Å². The van der Waals surface area contributed by atoms with Gasteiger partial charge in [0.15, 0.2) is 0 Å². The summed E-state index contributed by atoms with van der Waals surface area (Å²) in [6.45, 7) is 4.47. The van der Waals surface area contributed by atoms with E-state index in [1.807, 2.05) is 18.2 Å². The fraction of sp³-hybridized carbons (Fsp3) is 0.625. The summed E-state index contributed by atoms with van der Waals surface area (Å²) in [7, 11) is 0. The monoisotopic (exact) mass is 299 g/mol. The van der Waals surface area contributed by atoms with Crippen molar-refractivity contribution in [3.63, 3.8) is 0 Å². The summed E-state index contributed by atoms with van der Waals surface area (Å²) in [5.41, 5.74) is 1.11. The van der Waals surface area contributed by atoms with E-state index in [9.17, 15) is 0 Å². The zero-order chi connectivity index (χ0) is 13.8. The Hall–Kier alpha value is -0.240. The normalized spacial score (nSPS) is 25.3. The summed E-state index contributed by atoms with van der Waals surface area (Å²) in [6, 6.07) is 6.57. The first-order valence-electron chi connectivity index (χ1n) is 7.32. The number of hydrogen-bond donors (Lipinski definition) is 1. The second-order valence-electron chi connectivity index (χ2n) is 5.61. The Morgan fingerprint density at radius 1 is 1.26 bits per heavy atom. The van der Waals surface area contributed by atoms with E-state index in [-0.39, 0.29) is 6.04 Å². The molecule has 3 unspecified atom stereocenters. The molecule has 1 aromatic rings. The van der Waals surface area contributed by atoms with Crippen molar-refractivity contribution in [2.75, 3.05) is 0 Å². The van der Waals surface area contributed by atoms with Gasteiger partial charge in [-0.1, -0.05) is 49.4 Å². The van der Waals surface area contributed by atoms with Gasteiger partial charge in [-0.05, 0) is 49.4 Å². The van der Waals surface area contributed by atoms with Gasteiger partial charge in [-0.15, -0.1) is 0 Å². The van der Waals surface area contributed by atoms with Gasteiger partial charge in [0.05, 0.1) is 0 Å². The van der Waals surface area contributed by atoms with Crippen LogP contribution in [0.4, 0.5) is 0 Å². The van der Waals surface area contributed by atoms with Crippen molar-refractivity contribution in [1.82, 2.24) is 5.32 Å². The maximum absolute atomic E-state index is 6.28. The van der Waals surface area contributed by atoms with Crippen molar-refractivity contribution >= 4 is 23.2 Å². The topological polar surface area (TPSA) is 12.0 Å². The SMILES string of the molecule is CCC1CCCCC1NC(C)c1cc(Cl)ccc1Cl. The van der Waals surface area contributed by atoms with E-state index in [0.717, 1.165) is 21.5 Å². The summed E-state index contributed by atoms with van der Waals surface area (Å²) in [4.78, 5) is 0. The molecule has 0 aromatic heterocycles. The number of hydrogen-bond acceptors (Lipinski definition) is 1. The highest BCUT2D eigenvalue weighted by atomic mass is 35.5. The first kappa shape index (κ1) is 15.2. The van der Waals surface area contributed by atoms with Gasteiger partial charge in [0.2, 0.25) is 0 Å². The van der Waals surface area contributed by atoms with Gasteiger partial charge in [0.25, 0.3) is 0 Å². The molecule has 1 nitrogen and oxygen atoms in total. The van der Waals surface area contributed by atoms with E-state index in [2.05, 4.69) is 19.2 Å². The molecule has 0 bridgehead atoms. The van der Waals surface area contributed by atoms with Crippen LogP contribution >= 0.6 is 23.2 Å². The van der Waals surface area contributed by atoms with Crippen LogP contribution in [0.5, 0.6) is 0 Å². The van der Waals surface area contributed by atoms with Crippen molar-refractivity contribution in [2.24, 2.45) is 5.92 Å². The van der Waals surface area contributed by atoms with E-state index in [4.69, 9.17) is 23.2 Å². The molecule has 0 spiro atoms. The highest BCUT2D eigenvalue weighted by Gasteiger charge is 2.25. The predicted molar refractivity (Wildman–Crippen MR) is 84.0 cm³/mol. The molecule has 1 N–H and O–H groups in total. The van der Waals surface area contributed by atoms with Gasteiger partial charge in [0.1, 0.15) is 0 Å². The second-order valence-corrected chi connectivity index (χ2v) is 6.46. The number of halogens is 2. The van der Waals surface area contributed by atoms with Crippen LogP contribution in [-0.4, -0.2) is 6.04 Å².